The van der Waals surface area contributed by atoms with E-state index in [9.17, 15) is 18.9 Å². The molecule has 1 heterocycles. The lowest BCUT2D eigenvalue weighted by atomic mass is 10.1. The molecular formula is C7H4ClF2IN2O2. The van der Waals surface area contributed by atoms with Gasteiger partial charge in [-0.25, -0.2) is 8.78 Å². The van der Waals surface area contributed by atoms with E-state index in [0.29, 0.717) is 0 Å². The van der Waals surface area contributed by atoms with Crippen molar-refractivity contribution in [3.63, 3.8) is 0 Å². The number of halogens is 4. The molecule has 0 spiro atoms. The number of aromatic nitrogens is 1. The molecule has 0 atom stereocenters. The van der Waals surface area contributed by atoms with Gasteiger partial charge in [0.1, 0.15) is 0 Å². The lowest BCUT2D eigenvalue weighted by Gasteiger charge is -2.05. The summed E-state index contributed by atoms with van der Waals surface area (Å²) >= 11 is 7.04. The van der Waals surface area contributed by atoms with Gasteiger partial charge in [0.2, 0.25) is 3.70 Å². The van der Waals surface area contributed by atoms with Crippen LogP contribution in [-0.4, -0.2) is 9.91 Å². The Labute approximate surface area is 102 Å². The van der Waals surface area contributed by atoms with E-state index in [1.165, 1.54) is 0 Å². The van der Waals surface area contributed by atoms with Gasteiger partial charge in [-0.2, -0.15) is 0 Å². The van der Waals surface area contributed by atoms with E-state index < -0.39 is 22.7 Å². The second kappa shape index (κ2) is 4.97. The van der Waals surface area contributed by atoms with Crippen molar-refractivity contribution in [2.24, 2.45) is 0 Å². The van der Waals surface area contributed by atoms with Crippen LogP contribution in [0.2, 0.25) is 0 Å². The third kappa shape index (κ3) is 2.71. The molecule has 0 fully saturated rings. The van der Waals surface area contributed by atoms with Crippen molar-refractivity contribution in [2.75, 3.05) is 0 Å². The average molecular weight is 348 g/mol. The predicted octanol–water partition coefficient (Wildman–Crippen LogP) is 3.27. The van der Waals surface area contributed by atoms with Gasteiger partial charge in [0, 0.05) is 34.2 Å². The maximum absolute atomic E-state index is 12.5. The molecule has 0 aliphatic rings. The lowest BCUT2D eigenvalue weighted by molar-refractivity contribution is -0.390. The molecule has 0 N–H and O–H groups in total. The molecular weight excluding hydrogens is 344 g/mol. The van der Waals surface area contributed by atoms with Crippen LogP contribution in [0.5, 0.6) is 0 Å². The minimum atomic E-state index is -2.80. The smallest absolute Gasteiger partial charge is 0.358 e. The molecule has 1 rings (SSSR count). The third-order valence-electron chi connectivity index (χ3n) is 1.65. The zero-order valence-electron chi connectivity index (χ0n) is 7.08. The van der Waals surface area contributed by atoms with E-state index in [4.69, 9.17) is 11.6 Å². The monoisotopic (exact) mass is 348 g/mol. The molecule has 15 heavy (non-hydrogen) atoms. The number of pyridine rings is 1. The number of rotatable bonds is 3. The van der Waals surface area contributed by atoms with Gasteiger partial charge in [-0.1, -0.05) is 0 Å². The Balaban J connectivity index is 3.45. The number of hydrogen-bond acceptors (Lipinski definition) is 3. The van der Waals surface area contributed by atoms with Crippen LogP contribution in [0.25, 0.3) is 0 Å². The lowest BCUT2D eigenvalue weighted by Crippen LogP contribution is -2.03. The molecule has 0 aromatic carbocycles. The molecule has 0 aliphatic carbocycles. The van der Waals surface area contributed by atoms with E-state index in [2.05, 4.69) is 4.98 Å². The summed E-state index contributed by atoms with van der Waals surface area (Å²) in [6.45, 7) is 0. The summed E-state index contributed by atoms with van der Waals surface area (Å²) in [5.74, 6) is -0.966. The first-order valence-electron chi connectivity index (χ1n) is 3.65. The van der Waals surface area contributed by atoms with Crippen LogP contribution in [0, 0.1) is 13.8 Å². The van der Waals surface area contributed by atoms with Crippen molar-refractivity contribution in [3.05, 3.63) is 31.0 Å². The fraction of sp³-hybridized carbons (Fsp3) is 0.286. The zero-order chi connectivity index (χ0) is 11.6. The molecule has 4 nitrogen and oxygen atoms in total. The maximum Gasteiger partial charge on any atom is 0.369 e. The Morgan fingerprint density at radius 1 is 1.67 bits per heavy atom. The van der Waals surface area contributed by atoms with Crippen LogP contribution in [0.4, 0.5) is 14.6 Å². The molecule has 1 aromatic heterocycles. The van der Waals surface area contributed by atoms with Gasteiger partial charge in [-0.05, 0) is 9.91 Å². The summed E-state index contributed by atoms with van der Waals surface area (Å²) in [7, 11) is 0. The van der Waals surface area contributed by atoms with Gasteiger partial charge in [-0.3, -0.25) is 0 Å². The molecule has 0 aliphatic heterocycles. The topological polar surface area (TPSA) is 56.0 Å². The highest BCUT2D eigenvalue weighted by Gasteiger charge is 2.25. The molecule has 0 saturated heterocycles. The fourth-order valence-electron chi connectivity index (χ4n) is 1.03. The van der Waals surface area contributed by atoms with Crippen LogP contribution < -0.4 is 0 Å². The van der Waals surface area contributed by atoms with Gasteiger partial charge >= 0.3 is 5.82 Å². The Bertz CT molecular complexity index is 403. The van der Waals surface area contributed by atoms with Crippen molar-refractivity contribution in [1.29, 1.82) is 0 Å². The van der Waals surface area contributed by atoms with Crippen molar-refractivity contribution in [1.82, 2.24) is 4.98 Å². The first-order valence-corrected chi connectivity index (χ1v) is 5.26. The Hall–Kier alpha value is -0.570. The fourth-order valence-corrected chi connectivity index (χ4v) is 1.87. The van der Waals surface area contributed by atoms with Gasteiger partial charge in [0.25, 0.3) is 6.43 Å². The summed E-state index contributed by atoms with van der Waals surface area (Å²) in [6.07, 6.45) is -2.80. The molecule has 0 amide bonds. The third-order valence-corrected chi connectivity index (χ3v) is 2.47. The van der Waals surface area contributed by atoms with Crippen molar-refractivity contribution in [3.8, 4) is 0 Å². The van der Waals surface area contributed by atoms with E-state index in [1.807, 2.05) is 0 Å². The van der Waals surface area contributed by atoms with Crippen LogP contribution >= 0.6 is 34.2 Å². The van der Waals surface area contributed by atoms with Crippen molar-refractivity contribution < 1.29 is 13.7 Å². The second-order valence-electron chi connectivity index (χ2n) is 2.53. The molecule has 0 saturated carbocycles. The van der Waals surface area contributed by atoms with Crippen LogP contribution in [0.1, 0.15) is 17.6 Å². The van der Waals surface area contributed by atoms with Gasteiger partial charge in [0.05, 0.1) is 11.4 Å². The Kier molecular flexibility index (Phi) is 4.14. The summed E-state index contributed by atoms with van der Waals surface area (Å²) in [6, 6.07) is 1.09. The van der Waals surface area contributed by atoms with Crippen molar-refractivity contribution in [2.45, 2.75) is 12.3 Å². The first kappa shape index (κ1) is 12.5. The van der Waals surface area contributed by atoms with Crippen LogP contribution in [-0.2, 0) is 5.88 Å². The normalized spacial score (nSPS) is 10.7. The van der Waals surface area contributed by atoms with E-state index in [0.717, 1.165) is 6.07 Å². The molecule has 0 bridgehead atoms. The standard InChI is InChI=1S/C7H4ClF2IN2O2/c8-2-4-3(6(9)10)1-5(11)12-7(4)13(14)15/h1,6H,2H2. The Morgan fingerprint density at radius 3 is 2.67 bits per heavy atom. The summed E-state index contributed by atoms with van der Waals surface area (Å²) in [5.41, 5.74) is -0.659. The van der Waals surface area contributed by atoms with Gasteiger partial charge in [-0.15, -0.1) is 11.6 Å². The highest BCUT2D eigenvalue weighted by atomic mass is 127. The molecule has 8 heteroatoms. The number of hydrogen-bond donors (Lipinski definition) is 0. The zero-order valence-corrected chi connectivity index (χ0v) is 10.00. The molecule has 82 valence electrons. The highest BCUT2D eigenvalue weighted by Crippen LogP contribution is 2.30. The SMILES string of the molecule is O=[N+]([O-])c1nc(I)cc(C(F)F)c1CCl. The Morgan fingerprint density at radius 2 is 2.27 bits per heavy atom. The summed E-state index contributed by atoms with van der Waals surface area (Å²) in [4.78, 5) is 13.3. The van der Waals surface area contributed by atoms with Gasteiger partial charge < -0.3 is 10.1 Å². The predicted molar refractivity (Wildman–Crippen MR) is 58.1 cm³/mol. The maximum atomic E-state index is 12.5. The number of nitrogens with zero attached hydrogens (tertiary/aromatic N) is 2. The van der Waals surface area contributed by atoms with E-state index in [1.54, 1.807) is 22.6 Å². The quantitative estimate of drug-likeness (QED) is 0.277. The minimum Gasteiger partial charge on any atom is -0.358 e. The van der Waals surface area contributed by atoms with Gasteiger partial charge in [0.15, 0.2) is 0 Å². The van der Waals surface area contributed by atoms with Crippen molar-refractivity contribution >= 4 is 40.0 Å². The van der Waals surface area contributed by atoms with E-state index in [-0.39, 0.29) is 15.1 Å². The molecule has 0 unspecified atom stereocenters. The summed E-state index contributed by atoms with van der Waals surface area (Å²) in [5, 5.41) is 10.5. The largest absolute Gasteiger partial charge is 0.369 e. The highest BCUT2D eigenvalue weighted by molar-refractivity contribution is 14.1. The number of alkyl halides is 3. The average Bonchev–Trinajstić information content (AvgIpc) is 2.16. The van der Waals surface area contributed by atoms with Crippen LogP contribution in [0.15, 0.2) is 6.07 Å². The molecule has 1 aromatic rings. The van der Waals surface area contributed by atoms with Crippen LogP contribution in [0.3, 0.4) is 0 Å². The summed E-state index contributed by atoms with van der Waals surface area (Å²) < 4.78 is 25.2. The molecule has 0 radical (unpaired) electrons. The first-order chi connectivity index (χ1) is 6.97. The second-order valence-corrected chi connectivity index (χ2v) is 3.90. The minimum absolute atomic E-state index is 0.142. The number of nitro groups is 1. The van der Waals surface area contributed by atoms with E-state index >= 15 is 0 Å².